The van der Waals surface area contributed by atoms with Crippen molar-refractivity contribution >= 4 is 34.0 Å². The monoisotopic (exact) mass is 233 g/mol. The van der Waals surface area contributed by atoms with Gasteiger partial charge in [0, 0.05) is 12.4 Å². The number of amides is 1. The Bertz CT molecular complexity index is 519. The molecule has 2 rings (SSSR count). The van der Waals surface area contributed by atoms with Crippen molar-refractivity contribution in [2.24, 2.45) is 0 Å². The summed E-state index contributed by atoms with van der Waals surface area (Å²) in [4.78, 5) is 13.1. The molecule has 0 saturated carbocycles. The molecule has 2 aromatic rings. The van der Waals surface area contributed by atoms with Gasteiger partial charge in [0.1, 0.15) is 5.88 Å². The molecule has 0 N–H and O–H groups in total. The molecule has 0 saturated heterocycles. The molecule has 1 amide bonds. The number of anilines is 1. The summed E-state index contributed by atoms with van der Waals surface area (Å²) >= 11 is 5.56. The predicted molar refractivity (Wildman–Crippen MR) is 68.1 cm³/mol. The molecule has 0 heterocycles. The lowest BCUT2D eigenvalue weighted by molar-refractivity contribution is -0.116. The number of alkyl halides is 1. The van der Waals surface area contributed by atoms with Crippen molar-refractivity contribution in [1.29, 1.82) is 0 Å². The van der Waals surface area contributed by atoms with E-state index in [1.807, 2.05) is 42.5 Å². The van der Waals surface area contributed by atoms with Gasteiger partial charge in [-0.2, -0.15) is 0 Å². The molecular formula is C13H12ClNO. The Morgan fingerprint density at radius 3 is 2.62 bits per heavy atom. The van der Waals surface area contributed by atoms with Crippen molar-refractivity contribution in [3.63, 3.8) is 0 Å². The van der Waals surface area contributed by atoms with E-state index in [2.05, 4.69) is 0 Å². The molecule has 0 radical (unpaired) electrons. The van der Waals surface area contributed by atoms with E-state index >= 15 is 0 Å². The van der Waals surface area contributed by atoms with Crippen LogP contribution >= 0.6 is 11.6 Å². The van der Waals surface area contributed by atoms with Gasteiger partial charge in [0.2, 0.25) is 5.91 Å². The van der Waals surface area contributed by atoms with Crippen molar-refractivity contribution in [2.45, 2.75) is 0 Å². The summed E-state index contributed by atoms with van der Waals surface area (Å²) in [6.45, 7) is 0. The fraction of sp³-hybridized carbons (Fsp3) is 0.154. The van der Waals surface area contributed by atoms with Crippen LogP contribution in [0.15, 0.2) is 42.5 Å². The third kappa shape index (κ3) is 1.89. The molecule has 0 unspecified atom stereocenters. The van der Waals surface area contributed by atoms with Crippen LogP contribution in [0.2, 0.25) is 0 Å². The topological polar surface area (TPSA) is 20.3 Å². The smallest absolute Gasteiger partial charge is 0.241 e. The summed E-state index contributed by atoms with van der Waals surface area (Å²) < 4.78 is 0. The van der Waals surface area contributed by atoms with E-state index in [1.165, 1.54) is 0 Å². The van der Waals surface area contributed by atoms with Gasteiger partial charge in [0.05, 0.1) is 5.69 Å². The molecule has 0 atom stereocenters. The second kappa shape index (κ2) is 4.54. The van der Waals surface area contributed by atoms with Gasteiger partial charge in [-0.25, -0.2) is 0 Å². The number of fused-ring (bicyclic) bond motifs is 1. The Labute approximate surface area is 99.4 Å². The minimum atomic E-state index is -0.0991. The first kappa shape index (κ1) is 11.0. The van der Waals surface area contributed by atoms with Crippen LogP contribution in [-0.4, -0.2) is 18.8 Å². The lowest BCUT2D eigenvalue weighted by Crippen LogP contribution is -2.27. The molecule has 0 aliphatic heterocycles. The van der Waals surface area contributed by atoms with Crippen molar-refractivity contribution in [3.8, 4) is 0 Å². The van der Waals surface area contributed by atoms with E-state index in [-0.39, 0.29) is 11.8 Å². The minimum absolute atomic E-state index is 0.000277. The van der Waals surface area contributed by atoms with Gasteiger partial charge >= 0.3 is 0 Å². The van der Waals surface area contributed by atoms with E-state index in [9.17, 15) is 4.79 Å². The van der Waals surface area contributed by atoms with Gasteiger partial charge < -0.3 is 4.90 Å². The Balaban J connectivity index is 2.56. The Morgan fingerprint density at radius 1 is 1.19 bits per heavy atom. The predicted octanol–water partition coefficient (Wildman–Crippen LogP) is 3.04. The third-order valence-electron chi connectivity index (χ3n) is 2.62. The van der Waals surface area contributed by atoms with Crippen LogP contribution in [0.5, 0.6) is 0 Å². The molecule has 16 heavy (non-hydrogen) atoms. The zero-order chi connectivity index (χ0) is 11.5. The standard InChI is InChI=1S/C13H12ClNO/c1-15(13(16)9-14)12-8-4-6-10-5-2-3-7-11(10)12/h2-8H,9H2,1H3. The van der Waals surface area contributed by atoms with Crippen LogP contribution < -0.4 is 4.90 Å². The highest BCUT2D eigenvalue weighted by Crippen LogP contribution is 2.25. The van der Waals surface area contributed by atoms with Crippen molar-refractivity contribution in [3.05, 3.63) is 42.5 Å². The summed E-state index contributed by atoms with van der Waals surface area (Å²) in [7, 11) is 1.74. The van der Waals surface area contributed by atoms with Crippen LogP contribution in [0.3, 0.4) is 0 Å². The highest BCUT2D eigenvalue weighted by atomic mass is 35.5. The van der Waals surface area contributed by atoms with E-state index in [1.54, 1.807) is 11.9 Å². The first-order chi connectivity index (χ1) is 7.74. The number of rotatable bonds is 2. The summed E-state index contributed by atoms with van der Waals surface area (Å²) in [5, 5.41) is 2.18. The normalized spacial score (nSPS) is 10.4. The molecule has 0 aromatic heterocycles. The van der Waals surface area contributed by atoms with E-state index in [0.717, 1.165) is 16.5 Å². The molecule has 0 spiro atoms. The quantitative estimate of drug-likeness (QED) is 0.731. The first-order valence-electron chi connectivity index (χ1n) is 5.04. The van der Waals surface area contributed by atoms with E-state index < -0.39 is 0 Å². The Hall–Kier alpha value is -1.54. The van der Waals surface area contributed by atoms with E-state index in [4.69, 9.17) is 11.6 Å². The van der Waals surface area contributed by atoms with Crippen LogP contribution in [0, 0.1) is 0 Å². The van der Waals surface area contributed by atoms with Crippen molar-refractivity contribution in [1.82, 2.24) is 0 Å². The van der Waals surface area contributed by atoms with Gasteiger partial charge in [-0.3, -0.25) is 4.79 Å². The van der Waals surface area contributed by atoms with E-state index in [0.29, 0.717) is 0 Å². The molecule has 2 aromatic carbocycles. The van der Waals surface area contributed by atoms with Gasteiger partial charge in [0.25, 0.3) is 0 Å². The zero-order valence-electron chi connectivity index (χ0n) is 8.98. The number of hydrogen-bond donors (Lipinski definition) is 0. The SMILES string of the molecule is CN(C(=O)CCl)c1cccc2ccccc12. The lowest BCUT2D eigenvalue weighted by atomic mass is 10.1. The second-order valence-corrected chi connectivity index (χ2v) is 3.85. The van der Waals surface area contributed by atoms with Crippen LogP contribution in [-0.2, 0) is 4.79 Å². The van der Waals surface area contributed by atoms with Gasteiger partial charge in [-0.05, 0) is 11.5 Å². The van der Waals surface area contributed by atoms with Crippen LogP contribution in [0.25, 0.3) is 10.8 Å². The second-order valence-electron chi connectivity index (χ2n) is 3.58. The van der Waals surface area contributed by atoms with Crippen LogP contribution in [0.1, 0.15) is 0 Å². The summed E-state index contributed by atoms with van der Waals surface area (Å²) in [5.41, 5.74) is 0.892. The molecule has 0 aliphatic carbocycles. The fourth-order valence-electron chi connectivity index (χ4n) is 1.72. The van der Waals surface area contributed by atoms with Crippen LogP contribution in [0.4, 0.5) is 5.69 Å². The summed E-state index contributed by atoms with van der Waals surface area (Å²) in [6, 6.07) is 13.9. The van der Waals surface area contributed by atoms with Gasteiger partial charge in [0.15, 0.2) is 0 Å². The Morgan fingerprint density at radius 2 is 1.88 bits per heavy atom. The number of halogens is 1. The number of hydrogen-bond acceptors (Lipinski definition) is 1. The van der Waals surface area contributed by atoms with Crippen molar-refractivity contribution in [2.75, 3.05) is 17.8 Å². The average molecular weight is 234 g/mol. The maximum atomic E-state index is 11.5. The third-order valence-corrected chi connectivity index (χ3v) is 2.85. The Kier molecular flexibility index (Phi) is 3.11. The molecule has 0 fully saturated rings. The minimum Gasteiger partial charge on any atom is -0.314 e. The summed E-state index contributed by atoms with van der Waals surface area (Å²) in [6.07, 6.45) is 0. The maximum absolute atomic E-state index is 11.5. The molecule has 3 heteroatoms. The van der Waals surface area contributed by atoms with Gasteiger partial charge in [-0.15, -0.1) is 11.6 Å². The molecule has 82 valence electrons. The number of nitrogens with zero attached hydrogens (tertiary/aromatic N) is 1. The first-order valence-corrected chi connectivity index (χ1v) is 5.58. The number of carbonyl (C=O) groups excluding carboxylic acids is 1. The highest BCUT2D eigenvalue weighted by molar-refractivity contribution is 6.29. The average Bonchev–Trinajstić information content (AvgIpc) is 2.36. The van der Waals surface area contributed by atoms with Gasteiger partial charge in [-0.1, -0.05) is 36.4 Å². The molecule has 2 nitrogen and oxygen atoms in total. The largest absolute Gasteiger partial charge is 0.314 e. The molecular weight excluding hydrogens is 222 g/mol. The lowest BCUT2D eigenvalue weighted by Gasteiger charge is -2.18. The number of carbonyl (C=O) groups is 1. The number of benzene rings is 2. The summed E-state index contributed by atoms with van der Waals surface area (Å²) in [5.74, 6) is -0.0993. The maximum Gasteiger partial charge on any atom is 0.241 e. The fourth-order valence-corrected chi connectivity index (χ4v) is 1.90. The van der Waals surface area contributed by atoms with Crippen molar-refractivity contribution < 1.29 is 4.79 Å². The molecule has 0 aliphatic rings. The zero-order valence-corrected chi connectivity index (χ0v) is 9.74. The molecule has 0 bridgehead atoms. The highest BCUT2D eigenvalue weighted by Gasteiger charge is 2.11.